The fourth-order valence-corrected chi connectivity index (χ4v) is 3.65. The maximum absolute atomic E-state index is 12.3. The van der Waals surface area contributed by atoms with Gasteiger partial charge in [0, 0.05) is 16.7 Å². The molecule has 32 heavy (non-hydrogen) atoms. The average molecular weight is 451 g/mol. The van der Waals surface area contributed by atoms with E-state index in [2.05, 4.69) is 6.07 Å². The van der Waals surface area contributed by atoms with Gasteiger partial charge in [-0.05, 0) is 55.3 Å². The van der Waals surface area contributed by atoms with Gasteiger partial charge in [-0.1, -0.05) is 17.7 Å². The predicted octanol–water partition coefficient (Wildman–Crippen LogP) is 4.75. The minimum absolute atomic E-state index is 0.0262. The molecule has 0 fully saturated rings. The van der Waals surface area contributed by atoms with Gasteiger partial charge in [0.1, 0.15) is 34.7 Å². The van der Waals surface area contributed by atoms with Crippen LogP contribution in [0.5, 0.6) is 17.2 Å². The quantitative estimate of drug-likeness (QED) is 0.441. The highest BCUT2D eigenvalue weighted by Gasteiger charge is 2.32. The van der Waals surface area contributed by atoms with Gasteiger partial charge in [0.05, 0.1) is 12.2 Å². The molecule has 1 unspecified atom stereocenters. The SMILES string of the molecule is Cc1cc(OCC(=O)Oc2ccc3c(c2)OC(N)=C(C#N)C3c2ccco2)cc(C)c1Cl. The Morgan fingerprint density at radius 3 is 2.59 bits per heavy atom. The second-order valence-corrected chi connectivity index (χ2v) is 7.65. The Balaban J connectivity index is 1.50. The van der Waals surface area contributed by atoms with Crippen molar-refractivity contribution in [2.45, 2.75) is 19.8 Å². The number of allylic oxidation sites excluding steroid dienone is 1. The van der Waals surface area contributed by atoms with Gasteiger partial charge in [0.15, 0.2) is 6.61 Å². The molecular weight excluding hydrogens is 432 g/mol. The first-order valence-electron chi connectivity index (χ1n) is 9.72. The van der Waals surface area contributed by atoms with Crippen molar-refractivity contribution >= 4 is 17.6 Å². The van der Waals surface area contributed by atoms with E-state index in [0.29, 0.717) is 27.8 Å². The molecule has 3 aromatic rings. The van der Waals surface area contributed by atoms with E-state index in [1.807, 2.05) is 13.8 Å². The summed E-state index contributed by atoms with van der Waals surface area (Å²) in [5, 5.41) is 10.2. The Morgan fingerprint density at radius 2 is 1.94 bits per heavy atom. The fraction of sp³-hybridized carbons (Fsp3) is 0.167. The maximum atomic E-state index is 12.3. The molecule has 0 amide bonds. The van der Waals surface area contributed by atoms with Crippen LogP contribution in [0.3, 0.4) is 0 Å². The number of hydrogen-bond acceptors (Lipinski definition) is 7. The molecular formula is C24H19ClN2O5. The summed E-state index contributed by atoms with van der Waals surface area (Å²) in [5.41, 5.74) is 8.59. The molecule has 0 bridgehead atoms. The third-order valence-electron chi connectivity index (χ3n) is 5.02. The molecule has 0 saturated heterocycles. The number of esters is 1. The number of furan rings is 1. The number of aryl methyl sites for hydroxylation is 2. The molecule has 2 N–H and O–H groups in total. The van der Waals surface area contributed by atoms with E-state index in [9.17, 15) is 10.1 Å². The van der Waals surface area contributed by atoms with Gasteiger partial charge in [-0.2, -0.15) is 5.26 Å². The molecule has 2 heterocycles. The third kappa shape index (κ3) is 4.13. The monoisotopic (exact) mass is 450 g/mol. The normalized spacial score (nSPS) is 14.9. The average Bonchev–Trinajstić information content (AvgIpc) is 3.29. The molecule has 0 radical (unpaired) electrons. The highest BCUT2D eigenvalue weighted by Crippen LogP contribution is 2.43. The van der Waals surface area contributed by atoms with Crippen LogP contribution in [0.2, 0.25) is 5.02 Å². The zero-order chi connectivity index (χ0) is 22.8. The van der Waals surface area contributed by atoms with Gasteiger partial charge < -0.3 is 24.4 Å². The van der Waals surface area contributed by atoms with Crippen molar-refractivity contribution in [1.29, 1.82) is 5.26 Å². The summed E-state index contributed by atoms with van der Waals surface area (Å²) in [6, 6.07) is 14.0. The lowest BCUT2D eigenvalue weighted by molar-refractivity contribution is -0.136. The second kappa shape index (κ2) is 8.69. The molecule has 2 aromatic carbocycles. The number of nitrogens with two attached hydrogens (primary N) is 1. The van der Waals surface area contributed by atoms with Gasteiger partial charge in [0.25, 0.3) is 0 Å². The minimum Gasteiger partial charge on any atom is -0.482 e. The van der Waals surface area contributed by atoms with Crippen molar-refractivity contribution in [3.8, 4) is 23.3 Å². The molecule has 1 atom stereocenters. The Morgan fingerprint density at radius 1 is 1.19 bits per heavy atom. The number of halogens is 1. The van der Waals surface area contributed by atoms with Gasteiger partial charge in [-0.15, -0.1) is 0 Å². The van der Waals surface area contributed by atoms with Crippen LogP contribution < -0.4 is 19.9 Å². The van der Waals surface area contributed by atoms with Gasteiger partial charge >= 0.3 is 5.97 Å². The summed E-state index contributed by atoms with van der Waals surface area (Å²) in [5.74, 6) is 0.587. The molecule has 7 nitrogen and oxygen atoms in total. The van der Waals surface area contributed by atoms with Crippen LogP contribution in [0.15, 0.2) is 64.6 Å². The molecule has 0 aliphatic carbocycles. The van der Waals surface area contributed by atoms with Crippen LogP contribution in [0.25, 0.3) is 0 Å². The summed E-state index contributed by atoms with van der Waals surface area (Å²) < 4.78 is 22.0. The lowest BCUT2D eigenvalue weighted by atomic mass is 9.87. The van der Waals surface area contributed by atoms with Gasteiger partial charge in [0.2, 0.25) is 5.88 Å². The van der Waals surface area contributed by atoms with Crippen molar-refractivity contribution in [2.75, 3.05) is 6.61 Å². The fourth-order valence-electron chi connectivity index (χ4n) is 3.54. The van der Waals surface area contributed by atoms with Crippen LogP contribution in [-0.2, 0) is 4.79 Å². The first kappa shape index (κ1) is 21.3. The lowest BCUT2D eigenvalue weighted by Gasteiger charge is -2.25. The van der Waals surface area contributed by atoms with E-state index in [1.165, 1.54) is 6.26 Å². The molecule has 8 heteroatoms. The van der Waals surface area contributed by atoms with E-state index in [0.717, 1.165) is 11.1 Å². The van der Waals surface area contributed by atoms with Crippen LogP contribution >= 0.6 is 11.6 Å². The van der Waals surface area contributed by atoms with Crippen molar-refractivity contribution < 1.29 is 23.4 Å². The smallest absolute Gasteiger partial charge is 0.349 e. The van der Waals surface area contributed by atoms with Gasteiger partial charge in [-0.25, -0.2) is 4.79 Å². The number of nitriles is 1. The number of carbonyl (C=O) groups is 1. The highest BCUT2D eigenvalue weighted by atomic mass is 35.5. The highest BCUT2D eigenvalue weighted by molar-refractivity contribution is 6.32. The number of carbonyl (C=O) groups excluding carboxylic acids is 1. The Hall–Kier alpha value is -3.89. The summed E-state index contributed by atoms with van der Waals surface area (Å²) >= 11 is 6.15. The zero-order valence-electron chi connectivity index (χ0n) is 17.3. The molecule has 1 aromatic heterocycles. The van der Waals surface area contributed by atoms with E-state index >= 15 is 0 Å². The minimum atomic E-state index is -0.588. The Labute approximate surface area is 189 Å². The summed E-state index contributed by atoms with van der Waals surface area (Å²) in [4.78, 5) is 12.3. The van der Waals surface area contributed by atoms with E-state index in [1.54, 1.807) is 42.5 Å². The number of fused-ring (bicyclic) bond motifs is 1. The van der Waals surface area contributed by atoms with Crippen molar-refractivity contribution in [3.63, 3.8) is 0 Å². The van der Waals surface area contributed by atoms with Crippen molar-refractivity contribution in [1.82, 2.24) is 0 Å². The molecule has 0 saturated carbocycles. The standard InChI is InChI=1S/C24H19ClN2O5/c1-13-8-16(9-14(2)23(13)25)30-12-21(28)31-15-5-6-17-20(10-15)32-24(27)18(11-26)22(17)19-4-3-7-29-19/h3-10,22H,12,27H2,1-2H3. The number of rotatable bonds is 5. The molecule has 162 valence electrons. The molecule has 1 aliphatic heterocycles. The second-order valence-electron chi connectivity index (χ2n) is 7.27. The van der Waals surface area contributed by atoms with Crippen LogP contribution in [0, 0.1) is 25.2 Å². The first-order valence-corrected chi connectivity index (χ1v) is 10.1. The third-order valence-corrected chi connectivity index (χ3v) is 5.61. The Kier molecular flexibility index (Phi) is 5.80. The number of nitrogens with zero attached hydrogens (tertiary/aromatic N) is 1. The maximum Gasteiger partial charge on any atom is 0.349 e. The molecule has 1 aliphatic rings. The van der Waals surface area contributed by atoms with E-state index in [-0.39, 0.29) is 23.8 Å². The van der Waals surface area contributed by atoms with Crippen molar-refractivity contribution in [2.24, 2.45) is 5.73 Å². The zero-order valence-corrected chi connectivity index (χ0v) is 18.1. The van der Waals surface area contributed by atoms with Crippen LogP contribution in [0.4, 0.5) is 0 Å². The summed E-state index contributed by atoms with van der Waals surface area (Å²) in [6.07, 6.45) is 1.52. The first-order chi connectivity index (χ1) is 15.4. The lowest BCUT2D eigenvalue weighted by Crippen LogP contribution is -2.21. The van der Waals surface area contributed by atoms with E-state index in [4.69, 9.17) is 36.0 Å². The number of ether oxygens (including phenoxy) is 3. The summed E-state index contributed by atoms with van der Waals surface area (Å²) in [6.45, 7) is 3.44. The van der Waals surface area contributed by atoms with Crippen molar-refractivity contribution in [3.05, 3.63) is 87.7 Å². The predicted molar refractivity (Wildman–Crippen MR) is 117 cm³/mol. The van der Waals surface area contributed by atoms with Gasteiger partial charge in [-0.3, -0.25) is 0 Å². The number of benzene rings is 2. The largest absolute Gasteiger partial charge is 0.482 e. The Bertz CT molecular complexity index is 1230. The van der Waals surface area contributed by atoms with Crippen LogP contribution in [-0.4, -0.2) is 12.6 Å². The number of hydrogen-bond donors (Lipinski definition) is 1. The molecule has 4 rings (SSSR count). The van der Waals surface area contributed by atoms with E-state index < -0.39 is 11.9 Å². The van der Waals surface area contributed by atoms with Crippen LogP contribution in [0.1, 0.15) is 28.4 Å². The summed E-state index contributed by atoms with van der Waals surface area (Å²) in [7, 11) is 0. The molecule has 0 spiro atoms. The topological polar surface area (TPSA) is 108 Å².